The molecule has 0 radical (unpaired) electrons. The van der Waals surface area contributed by atoms with Gasteiger partial charge in [0.2, 0.25) is 0 Å². The molecule has 0 aromatic carbocycles. The zero-order valence-corrected chi connectivity index (χ0v) is 10.5. The van der Waals surface area contributed by atoms with Gasteiger partial charge in [0, 0.05) is 38.8 Å². The molecule has 0 amide bonds. The van der Waals surface area contributed by atoms with E-state index in [4.69, 9.17) is 5.73 Å². The number of likely N-dealkylation sites (N-methyl/N-ethyl adjacent to an activating group) is 1. The lowest BCUT2D eigenvalue weighted by atomic mass is 9.99. The highest BCUT2D eigenvalue weighted by Gasteiger charge is 2.25. The van der Waals surface area contributed by atoms with Crippen molar-refractivity contribution in [2.24, 2.45) is 11.7 Å². The first-order valence-corrected chi connectivity index (χ1v) is 7.15. The van der Waals surface area contributed by atoms with Crippen LogP contribution in [-0.2, 0) is 0 Å². The minimum Gasteiger partial charge on any atom is -0.326 e. The van der Waals surface area contributed by atoms with Crippen LogP contribution in [0.2, 0.25) is 0 Å². The molecule has 2 N–H and O–H groups in total. The molecule has 2 fully saturated rings. The van der Waals surface area contributed by atoms with Crippen LogP contribution in [0.25, 0.3) is 0 Å². The minimum absolute atomic E-state index is 0.406. The smallest absolute Gasteiger partial charge is 0.0204 e. The molecule has 4 heteroatoms. The Kier molecular flexibility index (Phi) is 4.31. The Morgan fingerprint density at radius 1 is 1.33 bits per heavy atom. The van der Waals surface area contributed by atoms with E-state index in [0.29, 0.717) is 6.04 Å². The average molecular weight is 229 g/mol. The normalized spacial score (nSPS) is 32.0. The summed E-state index contributed by atoms with van der Waals surface area (Å²) in [6, 6.07) is 0.406. The predicted molar refractivity (Wildman–Crippen MR) is 67.3 cm³/mol. The molecular formula is C11H23N3S. The third-order valence-electron chi connectivity index (χ3n) is 3.64. The van der Waals surface area contributed by atoms with Crippen LogP contribution in [0.4, 0.5) is 0 Å². The predicted octanol–water partition coefficient (Wildman–Crippen LogP) is 0.314. The van der Waals surface area contributed by atoms with Crippen molar-refractivity contribution in [3.63, 3.8) is 0 Å². The Labute approximate surface area is 97.4 Å². The summed E-state index contributed by atoms with van der Waals surface area (Å²) in [5, 5.41) is 0. The zero-order chi connectivity index (χ0) is 10.7. The maximum Gasteiger partial charge on any atom is 0.0204 e. The lowest BCUT2D eigenvalue weighted by molar-refractivity contribution is 0.140. The molecular weight excluding hydrogens is 206 g/mol. The molecule has 0 aromatic heterocycles. The molecule has 0 aliphatic carbocycles. The van der Waals surface area contributed by atoms with Crippen LogP contribution >= 0.6 is 11.8 Å². The maximum absolute atomic E-state index is 6.28. The monoisotopic (exact) mass is 229 g/mol. The number of piperazine rings is 1. The maximum atomic E-state index is 6.28. The van der Waals surface area contributed by atoms with Crippen molar-refractivity contribution in [1.82, 2.24) is 9.80 Å². The largest absolute Gasteiger partial charge is 0.326 e. The quantitative estimate of drug-likeness (QED) is 0.755. The third-order valence-corrected chi connectivity index (χ3v) is 4.82. The van der Waals surface area contributed by atoms with Gasteiger partial charge >= 0.3 is 0 Å². The summed E-state index contributed by atoms with van der Waals surface area (Å²) in [5.41, 5.74) is 6.28. The van der Waals surface area contributed by atoms with Gasteiger partial charge in [-0.25, -0.2) is 0 Å². The van der Waals surface area contributed by atoms with E-state index in [9.17, 15) is 0 Å². The first-order chi connectivity index (χ1) is 7.25. The van der Waals surface area contributed by atoms with Crippen LogP contribution in [0.1, 0.15) is 6.42 Å². The molecule has 0 spiro atoms. The van der Waals surface area contributed by atoms with E-state index in [0.717, 1.165) is 12.5 Å². The standard InChI is InChI=1S/C11H23N3S/c1-13-3-5-14(6-4-13)8-11(12)10-2-7-15-9-10/h10-11H,2-9,12H2,1H3. The molecule has 88 valence electrons. The highest BCUT2D eigenvalue weighted by Crippen LogP contribution is 2.25. The molecule has 2 aliphatic rings. The number of nitrogens with zero attached hydrogens (tertiary/aromatic N) is 2. The second kappa shape index (κ2) is 5.53. The van der Waals surface area contributed by atoms with Gasteiger partial charge in [0.15, 0.2) is 0 Å². The summed E-state index contributed by atoms with van der Waals surface area (Å²) in [7, 11) is 2.20. The van der Waals surface area contributed by atoms with Gasteiger partial charge in [0.25, 0.3) is 0 Å². The summed E-state index contributed by atoms with van der Waals surface area (Å²) in [6.45, 7) is 5.91. The Balaban J connectivity index is 1.71. The third kappa shape index (κ3) is 3.34. The fourth-order valence-corrected chi connectivity index (χ4v) is 3.72. The van der Waals surface area contributed by atoms with E-state index in [-0.39, 0.29) is 0 Å². The fraction of sp³-hybridized carbons (Fsp3) is 1.00. The topological polar surface area (TPSA) is 32.5 Å². The Morgan fingerprint density at radius 3 is 2.67 bits per heavy atom. The molecule has 2 saturated heterocycles. The van der Waals surface area contributed by atoms with Crippen molar-refractivity contribution in [2.75, 3.05) is 51.3 Å². The van der Waals surface area contributed by atoms with Crippen molar-refractivity contribution >= 4 is 11.8 Å². The number of hydrogen-bond acceptors (Lipinski definition) is 4. The van der Waals surface area contributed by atoms with Crippen LogP contribution < -0.4 is 5.73 Å². The lowest BCUT2D eigenvalue weighted by Crippen LogP contribution is -2.50. The van der Waals surface area contributed by atoms with Crippen molar-refractivity contribution < 1.29 is 0 Å². The molecule has 0 bridgehead atoms. The van der Waals surface area contributed by atoms with Gasteiger partial charge in [0.05, 0.1) is 0 Å². The second-order valence-electron chi connectivity index (χ2n) is 4.89. The number of thioether (sulfide) groups is 1. The molecule has 2 unspecified atom stereocenters. The van der Waals surface area contributed by atoms with Crippen molar-refractivity contribution in [2.45, 2.75) is 12.5 Å². The minimum atomic E-state index is 0.406. The zero-order valence-electron chi connectivity index (χ0n) is 9.69. The van der Waals surface area contributed by atoms with Gasteiger partial charge in [-0.2, -0.15) is 11.8 Å². The average Bonchev–Trinajstić information content (AvgIpc) is 2.74. The van der Waals surface area contributed by atoms with E-state index < -0.39 is 0 Å². The van der Waals surface area contributed by atoms with Crippen LogP contribution in [0.5, 0.6) is 0 Å². The molecule has 2 rings (SSSR count). The van der Waals surface area contributed by atoms with Crippen LogP contribution in [0.15, 0.2) is 0 Å². The summed E-state index contributed by atoms with van der Waals surface area (Å²) < 4.78 is 0. The lowest BCUT2D eigenvalue weighted by Gasteiger charge is -2.35. The van der Waals surface area contributed by atoms with Gasteiger partial charge in [-0.05, 0) is 30.9 Å². The Hall–Kier alpha value is 0.230. The van der Waals surface area contributed by atoms with Gasteiger partial charge in [-0.15, -0.1) is 0 Å². The summed E-state index contributed by atoms with van der Waals surface area (Å²) in [5.74, 6) is 3.38. The first kappa shape index (κ1) is 11.7. The van der Waals surface area contributed by atoms with Crippen molar-refractivity contribution in [3.8, 4) is 0 Å². The molecule has 2 atom stereocenters. The van der Waals surface area contributed by atoms with Gasteiger partial charge in [0.1, 0.15) is 0 Å². The molecule has 15 heavy (non-hydrogen) atoms. The molecule has 2 aliphatic heterocycles. The molecule has 0 saturated carbocycles. The number of rotatable bonds is 3. The SMILES string of the molecule is CN1CCN(CC(N)C2CCSC2)CC1. The van der Waals surface area contributed by atoms with Crippen LogP contribution in [-0.4, -0.2) is 67.1 Å². The van der Waals surface area contributed by atoms with Gasteiger partial charge < -0.3 is 10.6 Å². The summed E-state index contributed by atoms with van der Waals surface area (Å²) >= 11 is 2.07. The Morgan fingerprint density at radius 2 is 2.07 bits per heavy atom. The number of hydrogen-bond donors (Lipinski definition) is 1. The summed E-state index contributed by atoms with van der Waals surface area (Å²) in [4.78, 5) is 4.93. The van der Waals surface area contributed by atoms with E-state index >= 15 is 0 Å². The van der Waals surface area contributed by atoms with E-state index in [2.05, 4.69) is 28.6 Å². The van der Waals surface area contributed by atoms with E-state index in [1.807, 2.05) is 0 Å². The highest BCUT2D eigenvalue weighted by atomic mass is 32.2. The van der Waals surface area contributed by atoms with Gasteiger partial charge in [-0.1, -0.05) is 0 Å². The fourth-order valence-electron chi connectivity index (χ4n) is 2.37. The van der Waals surface area contributed by atoms with Crippen molar-refractivity contribution in [3.05, 3.63) is 0 Å². The van der Waals surface area contributed by atoms with Crippen molar-refractivity contribution in [1.29, 1.82) is 0 Å². The first-order valence-electron chi connectivity index (χ1n) is 6.00. The van der Waals surface area contributed by atoms with Gasteiger partial charge in [-0.3, -0.25) is 4.90 Å². The van der Waals surface area contributed by atoms with E-state index in [1.54, 1.807) is 0 Å². The van der Waals surface area contributed by atoms with E-state index in [1.165, 1.54) is 44.1 Å². The second-order valence-corrected chi connectivity index (χ2v) is 6.04. The Bertz CT molecular complexity index is 186. The van der Waals surface area contributed by atoms with Crippen LogP contribution in [0.3, 0.4) is 0 Å². The number of nitrogens with two attached hydrogens (primary N) is 1. The molecule has 2 heterocycles. The molecule has 0 aromatic rings. The summed E-state index contributed by atoms with van der Waals surface area (Å²) in [6.07, 6.45) is 1.33. The highest BCUT2D eigenvalue weighted by molar-refractivity contribution is 7.99. The van der Waals surface area contributed by atoms with Crippen LogP contribution in [0, 0.1) is 5.92 Å². The molecule has 3 nitrogen and oxygen atoms in total.